The summed E-state index contributed by atoms with van der Waals surface area (Å²) in [6.45, 7) is 1.90. The van der Waals surface area contributed by atoms with Crippen molar-refractivity contribution in [3.8, 4) is 6.07 Å². The van der Waals surface area contributed by atoms with Gasteiger partial charge < -0.3 is 11.1 Å². The van der Waals surface area contributed by atoms with Crippen LogP contribution >= 0.6 is 0 Å². The molecule has 1 amide bonds. The van der Waals surface area contributed by atoms with Crippen LogP contribution in [0.15, 0.2) is 42.5 Å². The maximum Gasteiger partial charge on any atom is 0.224 e. The van der Waals surface area contributed by atoms with Crippen molar-refractivity contribution in [1.29, 1.82) is 5.26 Å². The Balaban J connectivity index is 1.96. The fourth-order valence-electron chi connectivity index (χ4n) is 1.98. The fraction of sp³-hybridized carbons (Fsp3) is 0.176. The fourth-order valence-corrected chi connectivity index (χ4v) is 1.98. The Labute approximate surface area is 124 Å². The third-order valence-electron chi connectivity index (χ3n) is 3.26. The van der Waals surface area contributed by atoms with Crippen molar-refractivity contribution >= 4 is 17.3 Å². The van der Waals surface area contributed by atoms with E-state index < -0.39 is 0 Å². The van der Waals surface area contributed by atoms with Crippen molar-refractivity contribution in [2.24, 2.45) is 0 Å². The summed E-state index contributed by atoms with van der Waals surface area (Å²) in [5.74, 6) is -0.0648. The highest BCUT2D eigenvalue weighted by Crippen LogP contribution is 2.17. The van der Waals surface area contributed by atoms with Crippen molar-refractivity contribution < 1.29 is 4.79 Å². The SMILES string of the molecule is Cc1ccc(C#N)cc1NC(=O)CCc1ccc(N)cc1. The highest BCUT2D eigenvalue weighted by Gasteiger charge is 2.06. The van der Waals surface area contributed by atoms with Gasteiger partial charge in [0.05, 0.1) is 11.6 Å². The highest BCUT2D eigenvalue weighted by molar-refractivity contribution is 5.91. The molecule has 0 aromatic heterocycles. The molecule has 4 heteroatoms. The molecule has 0 bridgehead atoms. The summed E-state index contributed by atoms with van der Waals surface area (Å²) in [7, 11) is 0. The first-order chi connectivity index (χ1) is 10.1. The number of carbonyl (C=O) groups excluding carboxylic acids is 1. The average Bonchev–Trinajstić information content (AvgIpc) is 2.49. The third-order valence-corrected chi connectivity index (χ3v) is 3.26. The number of nitrogens with one attached hydrogen (secondary N) is 1. The minimum atomic E-state index is -0.0648. The van der Waals surface area contributed by atoms with Crippen molar-refractivity contribution in [3.63, 3.8) is 0 Å². The van der Waals surface area contributed by atoms with E-state index in [0.29, 0.717) is 29.8 Å². The van der Waals surface area contributed by atoms with Gasteiger partial charge in [0.25, 0.3) is 0 Å². The molecular weight excluding hydrogens is 262 g/mol. The Kier molecular flexibility index (Phi) is 4.57. The third kappa shape index (κ3) is 4.08. The molecule has 0 aliphatic heterocycles. The molecule has 3 N–H and O–H groups in total. The van der Waals surface area contributed by atoms with Gasteiger partial charge in [0, 0.05) is 17.8 Å². The number of rotatable bonds is 4. The molecular formula is C17H17N3O. The molecule has 0 spiro atoms. The maximum absolute atomic E-state index is 12.0. The Hall–Kier alpha value is -2.80. The smallest absolute Gasteiger partial charge is 0.224 e. The number of carbonyl (C=O) groups is 1. The van der Waals surface area contributed by atoms with Crippen LogP contribution < -0.4 is 11.1 Å². The number of nitriles is 1. The monoisotopic (exact) mass is 279 g/mol. The number of nitrogens with two attached hydrogens (primary N) is 1. The Morgan fingerprint density at radius 3 is 2.62 bits per heavy atom. The number of benzene rings is 2. The lowest BCUT2D eigenvalue weighted by molar-refractivity contribution is -0.116. The molecule has 2 aromatic rings. The van der Waals surface area contributed by atoms with E-state index in [1.54, 1.807) is 12.1 Å². The highest BCUT2D eigenvalue weighted by atomic mass is 16.1. The molecule has 0 aliphatic carbocycles. The summed E-state index contributed by atoms with van der Waals surface area (Å²) in [5.41, 5.74) is 9.58. The zero-order valence-corrected chi connectivity index (χ0v) is 11.9. The number of hydrogen-bond donors (Lipinski definition) is 2. The van der Waals surface area contributed by atoms with Crippen LogP contribution in [0.4, 0.5) is 11.4 Å². The van der Waals surface area contributed by atoms with Crippen molar-refractivity contribution in [2.45, 2.75) is 19.8 Å². The van der Waals surface area contributed by atoms with E-state index >= 15 is 0 Å². The van der Waals surface area contributed by atoms with Crippen molar-refractivity contribution in [3.05, 3.63) is 59.2 Å². The Morgan fingerprint density at radius 2 is 1.95 bits per heavy atom. The van der Waals surface area contributed by atoms with Crippen LogP contribution in [0.3, 0.4) is 0 Å². The van der Waals surface area contributed by atoms with Gasteiger partial charge in [-0.2, -0.15) is 5.26 Å². The number of anilines is 2. The van der Waals surface area contributed by atoms with Crippen LogP contribution in [0.5, 0.6) is 0 Å². The van der Waals surface area contributed by atoms with Gasteiger partial charge in [0.15, 0.2) is 0 Å². The lowest BCUT2D eigenvalue weighted by atomic mass is 10.1. The quantitative estimate of drug-likeness (QED) is 0.844. The van der Waals surface area contributed by atoms with Gasteiger partial charge in [-0.25, -0.2) is 0 Å². The molecule has 21 heavy (non-hydrogen) atoms. The molecule has 0 saturated heterocycles. The summed E-state index contributed by atoms with van der Waals surface area (Å²) < 4.78 is 0. The number of nitrogens with zero attached hydrogens (tertiary/aromatic N) is 1. The zero-order valence-electron chi connectivity index (χ0n) is 11.9. The number of amides is 1. The van der Waals surface area contributed by atoms with E-state index in [0.717, 1.165) is 11.1 Å². The zero-order chi connectivity index (χ0) is 15.2. The first kappa shape index (κ1) is 14.6. The Morgan fingerprint density at radius 1 is 1.24 bits per heavy atom. The van der Waals surface area contributed by atoms with Gasteiger partial charge in [0.1, 0.15) is 0 Å². The van der Waals surface area contributed by atoms with Crippen molar-refractivity contribution in [1.82, 2.24) is 0 Å². The number of hydrogen-bond acceptors (Lipinski definition) is 3. The molecule has 0 fully saturated rings. The lowest BCUT2D eigenvalue weighted by Crippen LogP contribution is -2.13. The van der Waals surface area contributed by atoms with Crippen LogP contribution in [0.1, 0.15) is 23.1 Å². The molecule has 106 valence electrons. The van der Waals surface area contributed by atoms with Crippen LogP contribution in [0, 0.1) is 18.3 Å². The molecule has 0 aliphatic rings. The summed E-state index contributed by atoms with van der Waals surface area (Å²) >= 11 is 0. The molecule has 0 heterocycles. The van der Waals surface area contributed by atoms with Gasteiger partial charge in [-0.15, -0.1) is 0 Å². The maximum atomic E-state index is 12.0. The minimum absolute atomic E-state index is 0.0648. The first-order valence-electron chi connectivity index (χ1n) is 6.73. The Bertz CT molecular complexity index is 684. The van der Waals surface area contributed by atoms with Gasteiger partial charge in [-0.1, -0.05) is 18.2 Å². The van der Waals surface area contributed by atoms with E-state index in [2.05, 4.69) is 11.4 Å². The van der Waals surface area contributed by atoms with Crippen molar-refractivity contribution in [2.75, 3.05) is 11.1 Å². The molecule has 2 rings (SSSR count). The average molecular weight is 279 g/mol. The lowest BCUT2D eigenvalue weighted by Gasteiger charge is -2.09. The summed E-state index contributed by atoms with van der Waals surface area (Å²) in [6.07, 6.45) is 1.04. The number of aryl methyl sites for hydroxylation is 2. The van der Waals surface area contributed by atoms with E-state index in [9.17, 15) is 4.79 Å². The van der Waals surface area contributed by atoms with E-state index in [4.69, 9.17) is 11.0 Å². The van der Waals surface area contributed by atoms with E-state index in [1.807, 2.05) is 37.3 Å². The van der Waals surface area contributed by atoms with Gasteiger partial charge in [-0.05, 0) is 48.7 Å². The normalized spacial score (nSPS) is 9.90. The van der Waals surface area contributed by atoms with E-state index in [-0.39, 0.29) is 5.91 Å². The second-order valence-electron chi connectivity index (χ2n) is 4.93. The molecule has 0 atom stereocenters. The topological polar surface area (TPSA) is 78.9 Å². The van der Waals surface area contributed by atoms with E-state index in [1.165, 1.54) is 0 Å². The summed E-state index contributed by atoms with van der Waals surface area (Å²) in [5, 5.41) is 11.7. The van der Waals surface area contributed by atoms with Crippen LogP contribution in [-0.4, -0.2) is 5.91 Å². The van der Waals surface area contributed by atoms with Gasteiger partial charge in [0.2, 0.25) is 5.91 Å². The predicted octanol–water partition coefficient (Wildman–Crippen LogP) is 3.02. The number of nitrogen functional groups attached to an aromatic ring is 1. The minimum Gasteiger partial charge on any atom is -0.399 e. The second-order valence-corrected chi connectivity index (χ2v) is 4.93. The molecule has 2 aromatic carbocycles. The van der Waals surface area contributed by atoms with Gasteiger partial charge >= 0.3 is 0 Å². The second kappa shape index (κ2) is 6.58. The first-order valence-corrected chi connectivity index (χ1v) is 6.73. The predicted molar refractivity (Wildman–Crippen MR) is 83.7 cm³/mol. The molecule has 4 nitrogen and oxygen atoms in total. The van der Waals surface area contributed by atoms with Gasteiger partial charge in [-0.3, -0.25) is 4.79 Å². The standard InChI is InChI=1S/C17H17N3O/c1-12-2-3-14(11-18)10-16(12)20-17(21)9-6-13-4-7-15(19)8-5-13/h2-5,7-8,10H,6,9,19H2,1H3,(H,20,21). The summed E-state index contributed by atoms with van der Waals surface area (Å²) in [6, 6.07) is 14.8. The molecule has 0 radical (unpaired) electrons. The van der Waals surface area contributed by atoms with Crippen LogP contribution in [0.2, 0.25) is 0 Å². The molecule has 0 saturated carbocycles. The summed E-state index contributed by atoms with van der Waals surface area (Å²) in [4.78, 5) is 12.0. The molecule has 0 unspecified atom stereocenters. The van der Waals surface area contributed by atoms with Crippen LogP contribution in [0.25, 0.3) is 0 Å². The van der Waals surface area contributed by atoms with Crippen LogP contribution in [-0.2, 0) is 11.2 Å². The largest absolute Gasteiger partial charge is 0.399 e.